The van der Waals surface area contributed by atoms with E-state index in [4.69, 9.17) is 9.84 Å². The van der Waals surface area contributed by atoms with E-state index in [9.17, 15) is 13.6 Å². The highest BCUT2D eigenvalue weighted by molar-refractivity contribution is 9.10. The van der Waals surface area contributed by atoms with Gasteiger partial charge in [0.05, 0.1) is 0 Å². The Labute approximate surface area is 121 Å². The van der Waals surface area contributed by atoms with Crippen molar-refractivity contribution in [2.24, 2.45) is 0 Å². The summed E-state index contributed by atoms with van der Waals surface area (Å²) in [5.74, 6) is -2.80. The smallest absolute Gasteiger partial charge is 0.339 e. The lowest BCUT2D eigenvalue weighted by Crippen LogP contribution is -2.05. The molecule has 3 nitrogen and oxygen atoms in total. The van der Waals surface area contributed by atoms with Gasteiger partial charge in [-0.1, -0.05) is 28.1 Å². The van der Waals surface area contributed by atoms with Crippen LogP contribution in [-0.4, -0.2) is 11.1 Å². The zero-order valence-corrected chi connectivity index (χ0v) is 11.7. The fraction of sp³-hybridized carbons (Fsp3) is 0.0714. The standard InChI is InChI=1S/C14H9BrF2O3/c15-11-6-9(16)5-4-8(11)7-20-13-10(14(18)19)2-1-3-12(13)17/h1-6H,7H2,(H,18,19). The Morgan fingerprint density at radius 1 is 1.25 bits per heavy atom. The third kappa shape index (κ3) is 3.14. The number of hydrogen-bond donors (Lipinski definition) is 1. The van der Waals surface area contributed by atoms with Crippen LogP contribution in [0.3, 0.4) is 0 Å². The summed E-state index contributed by atoms with van der Waals surface area (Å²) in [5, 5.41) is 8.97. The Hall–Kier alpha value is -1.95. The Bertz CT molecular complexity index is 659. The van der Waals surface area contributed by atoms with E-state index in [1.54, 1.807) is 0 Å². The molecule has 0 amide bonds. The maximum atomic E-state index is 13.6. The zero-order valence-electron chi connectivity index (χ0n) is 10.1. The number of halogens is 3. The van der Waals surface area contributed by atoms with Gasteiger partial charge in [0.25, 0.3) is 0 Å². The van der Waals surface area contributed by atoms with Gasteiger partial charge in [0.15, 0.2) is 11.6 Å². The molecular formula is C14H9BrF2O3. The minimum absolute atomic E-state index is 0.0813. The molecule has 0 radical (unpaired) electrons. The van der Waals surface area contributed by atoms with E-state index in [-0.39, 0.29) is 17.9 Å². The van der Waals surface area contributed by atoms with E-state index >= 15 is 0 Å². The zero-order chi connectivity index (χ0) is 14.7. The monoisotopic (exact) mass is 342 g/mol. The molecule has 0 spiro atoms. The van der Waals surface area contributed by atoms with Crippen molar-refractivity contribution in [1.29, 1.82) is 0 Å². The van der Waals surface area contributed by atoms with Crippen molar-refractivity contribution in [1.82, 2.24) is 0 Å². The van der Waals surface area contributed by atoms with Crippen LogP contribution in [0.5, 0.6) is 5.75 Å². The van der Waals surface area contributed by atoms with Crippen LogP contribution >= 0.6 is 15.9 Å². The first-order valence-corrected chi connectivity index (χ1v) is 6.37. The number of benzene rings is 2. The first-order chi connectivity index (χ1) is 9.49. The average Bonchev–Trinajstić information content (AvgIpc) is 2.38. The quantitative estimate of drug-likeness (QED) is 0.913. The predicted molar refractivity (Wildman–Crippen MR) is 71.8 cm³/mol. The van der Waals surface area contributed by atoms with Crippen molar-refractivity contribution in [3.63, 3.8) is 0 Å². The molecule has 0 saturated carbocycles. The molecule has 0 bridgehead atoms. The van der Waals surface area contributed by atoms with Gasteiger partial charge in [-0.05, 0) is 24.3 Å². The molecule has 2 aromatic rings. The molecule has 0 fully saturated rings. The first kappa shape index (κ1) is 14.5. The summed E-state index contributed by atoms with van der Waals surface area (Å²) < 4.78 is 32.2. The lowest BCUT2D eigenvalue weighted by Gasteiger charge is -2.11. The van der Waals surface area contributed by atoms with E-state index in [0.29, 0.717) is 10.0 Å². The Kier molecular flexibility index (Phi) is 4.34. The molecule has 0 unspecified atom stereocenters. The fourth-order valence-electron chi connectivity index (χ4n) is 1.61. The summed E-state index contributed by atoms with van der Waals surface area (Å²) in [6.45, 7) is -0.0813. The third-order valence-electron chi connectivity index (χ3n) is 2.58. The maximum absolute atomic E-state index is 13.6. The molecule has 104 valence electrons. The Morgan fingerprint density at radius 2 is 2.00 bits per heavy atom. The van der Waals surface area contributed by atoms with E-state index in [2.05, 4.69) is 15.9 Å². The lowest BCUT2D eigenvalue weighted by atomic mass is 10.2. The summed E-state index contributed by atoms with van der Waals surface area (Å²) in [6, 6.07) is 7.61. The van der Waals surface area contributed by atoms with Crippen molar-refractivity contribution in [2.45, 2.75) is 6.61 Å². The van der Waals surface area contributed by atoms with Gasteiger partial charge in [-0.25, -0.2) is 13.6 Å². The minimum Gasteiger partial charge on any atom is -0.485 e. The second-order valence-electron chi connectivity index (χ2n) is 3.95. The van der Waals surface area contributed by atoms with Crippen LogP contribution in [0.15, 0.2) is 40.9 Å². The van der Waals surface area contributed by atoms with Crippen LogP contribution in [-0.2, 0) is 6.61 Å². The number of carboxylic acids is 1. The van der Waals surface area contributed by atoms with Crippen LogP contribution in [0.25, 0.3) is 0 Å². The molecule has 0 atom stereocenters. The SMILES string of the molecule is O=C(O)c1cccc(F)c1OCc1ccc(F)cc1Br. The molecule has 0 aromatic heterocycles. The number of rotatable bonds is 4. The van der Waals surface area contributed by atoms with Crippen molar-refractivity contribution in [3.05, 3.63) is 63.6 Å². The highest BCUT2D eigenvalue weighted by atomic mass is 79.9. The van der Waals surface area contributed by atoms with Gasteiger partial charge in [0.2, 0.25) is 0 Å². The molecule has 0 saturated heterocycles. The third-order valence-corrected chi connectivity index (χ3v) is 3.32. The van der Waals surface area contributed by atoms with Crippen molar-refractivity contribution >= 4 is 21.9 Å². The molecule has 6 heteroatoms. The molecule has 1 N–H and O–H groups in total. The van der Waals surface area contributed by atoms with Gasteiger partial charge in [0.1, 0.15) is 18.0 Å². The van der Waals surface area contributed by atoms with Gasteiger partial charge in [-0.15, -0.1) is 0 Å². The van der Waals surface area contributed by atoms with Crippen molar-refractivity contribution in [3.8, 4) is 5.75 Å². The molecule has 0 heterocycles. The van der Waals surface area contributed by atoms with Crippen LogP contribution < -0.4 is 4.74 Å². The molecule has 0 aliphatic rings. The number of hydrogen-bond acceptors (Lipinski definition) is 2. The molecule has 0 aliphatic heterocycles. The minimum atomic E-state index is -1.28. The summed E-state index contributed by atoms with van der Waals surface area (Å²) in [7, 11) is 0. The summed E-state index contributed by atoms with van der Waals surface area (Å²) in [6.07, 6.45) is 0. The normalized spacial score (nSPS) is 10.3. The van der Waals surface area contributed by atoms with Crippen molar-refractivity contribution in [2.75, 3.05) is 0 Å². The van der Waals surface area contributed by atoms with Gasteiger partial charge in [0, 0.05) is 10.0 Å². The van der Waals surface area contributed by atoms with Crippen LogP contribution in [0.1, 0.15) is 15.9 Å². The van der Waals surface area contributed by atoms with E-state index in [0.717, 1.165) is 6.07 Å². The molecule has 20 heavy (non-hydrogen) atoms. The number of aromatic carboxylic acids is 1. The average molecular weight is 343 g/mol. The second-order valence-corrected chi connectivity index (χ2v) is 4.80. The maximum Gasteiger partial charge on any atom is 0.339 e. The fourth-order valence-corrected chi connectivity index (χ4v) is 2.08. The Morgan fingerprint density at radius 3 is 2.65 bits per heavy atom. The summed E-state index contributed by atoms with van der Waals surface area (Å²) in [5.41, 5.74) is 0.314. The Balaban J connectivity index is 2.25. The van der Waals surface area contributed by atoms with E-state index in [1.165, 1.54) is 30.3 Å². The first-order valence-electron chi connectivity index (χ1n) is 5.57. The summed E-state index contributed by atoms with van der Waals surface area (Å²) >= 11 is 3.16. The topological polar surface area (TPSA) is 46.5 Å². The van der Waals surface area contributed by atoms with Gasteiger partial charge in [-0.2, -0.15) is 0 Å². The van der Waals surface area contributed by atoms with Crippen LogP contribution in [0.4, 0.5) is 8.78 Å². The van der Waals surface area contributed by atoms with Crippen molar-refractivity contribution < 1.29 is 23.4 Å². The molecule has 0 aliphatic carbocycles. The van der Waals surface area contributed by atoms with Crippen LogP contribution in [0, 0.1) is 11.6 Å². The number of para-hydroxylation sites is 1. The molecule has 2 aromatic carbocycles. The largest absolute Gasteiger partial charge is 0.485 e. The van der Waals surface area contributed by atoms with Gasteiger partial charge < -0.3 is 9.84 Å². The van der Waals surface area contributed by atoms with Crippen LogP contribution in [0.2, 0.25) is 0 Å². The number of ether oxygens (including phenoxy) is 1. The van der Waals surface area contributed by atoms with Gasteiger partial charge in [-0.3, -0.25) is 0 Å². The highest BCUT2D eigenvalue weighted by Crippen LogP contribution is 2.25. The number of carbonyl (C=O) groups is 1. The molecule has 2 rings (SSSR count). The van der Waals surface area contributed by atoms with E-state index in [1.807, 2.05) is 0 Å². The van der Waals surface area contributed by atoms with Gasteiger partial charge >= 0.3 is 5.97 Å². The lowest BCUT2D eigenvalue weighted by molar-refractivity contribution is 0.0690. The second kappa shape index (κ2) is 6.00. The molecular weight excluding hydrogens is 334 g/mol. The highest BCUT2D eigenvalue weighted by Gasteiger charge is 2.16. The number of carboxylic acid groups (broad SMARTS) is 1. The predicted octanol–water partition coefficient (Wildman–Crippen LogP) is 4.00. The van der Waals surface area contributed by atoms with E-state index < -0.39 is 17.6 Å². The summed E-state index contributed by atoms with van der Waals surface area (Å²) in [4.78, 5) is 11.0.